The number of fused-ring (bicyclic) bond motifs is 1. The predicted octanol–water partition coefficient (Wildman–Crippen LogP) is 2.09. The van der Waals surface area contributed by atoms with Crippen molar-refractivity contribution in [2.75, 3.05) is 31.7 Å². The van der Waals surface area contributed by atoms with Crippen LogP contribution in [0.3, 0.4) is 0 Å². The van der Waals surface area contributed by atoms with Crippen LogP contribution in [0.5, 0.6) is 0 Å². The Bertz CT molecular complexity index is 298. The topological polar surface area (TPSA) is 12.5 Å². The van der Waals surface area contributed by atoms with Gasteiger partial charge in [0.2, 0.25) is 0 Å². The first kappa shape index (κ1) is 9.53. The van der Waals surface area contributed by atoms with E-state index in [0.717, 1.165) is 13.2 Å². The summed E-state index contributed by atoms with van der Waals surface area (Å²) >= 11 is 0. The minimum absolute atomic E-state index is 0.814. The third kappa shape index (κ3) is 1.90. The van der Waals surface area contributed by atoms with Crippen molar-refractivity contribution in [3.8, 4) is 0 Å². The lowest BCUT2D eigenvalue weighted by atomic mass is 10.0. The van der Waals surface area contributed by atoms with Gasteiger partial charge in [0.25, 0.3) is 0 Å². The summed E-state index contributed by atoms with van der Waals surface area (Å²) in [6.45, 7) is 2.99. The highest BCUT2D eigenvalue weighted by molar-refractivity contribution is 5.55. The average molecular weight is 191 g/mol. The normalized spacial score (nSPS) is 15.4. The molecule has 1 aromatic carbocycles. The summed E-state index contributed by atoms with van der Waals surface area (Å²) in [5.74, 6) is 0. The van der Waals surface area contributed by atoms with Gasteiger partial charge >= 0.3 is 0 Å². The second-order valence-electron chi connectivity index (χ2n) is 3.71. The smallest absolute Gasteiger partial charge is 0.0637 e. The summed E-state index contributed by atoms with van der Waals surface area (Å²) in [5, 5.41) is 0. The van der Waals surface area contributed by atoms with Crippen molar-refractivity contribution in [1.29, 1.82) is 0 Å². The van der Waals surface area contributed by atoms with Crippen molar-refractivity contribution < 1.29 is 4.74 Å². The Morgan fingerprint density at radius 1 is 1.36 bits per heavy atom. The lowest BCUT2D eigenvalue weighted by Crippen LogP contribution is -2.32. The van der Waals surface area contributed by atoms with Gasteiger partial charge in [0, 0.05) is 25.9 Å². The maximum atomic E-state index is 5.12. The zero-order valence-corrected chi connectivity index (χ0v) is 8.70. The molecule has 0 fully saturated rings. The van der Waals surface area contributed by atoms with Crippen LogP contribution in [0, 0.1) is 0 Å². The highest BCUT2D eigenvalue weighted by Crippen LogP contribution is 2.25. The van der Waals surface area contributed by atoms with E-state index < -0.39 is 0 Å². The Morgan fingerprint density at radius 2 is 2.21 bits per heavy atom. The Labute approximate surface area is 85.5 Å². The van der Waals surface area contributed by atoms with E-state index in [0.29, 0.717) is 0 Å². The van der Waals surface area contributed by atoms with Gasteiger partial charge in [0.15, 0.2) is 0 Å². The summed E-state index contributed by atoms with van der Waals surface area (Å²) in [4.78, 5) is 2.42. The number of aryl methyl sites for hydroxylation is 1. The van der Waals surface area contributed by atoms with E-state index in [1.165, 1.54) is 30.6 Å². The van der Waals surface area contributed by atoms with Gasteiger partial charge in [0.1, 0.15) is 0 Å². The zero-order valence-electron chi connectivity index (χ0n) is 8.70. The SMILES string of the molecule is COCCN1CCCc2ccccc21. The molecule has 0 bridgehead atoms. The molecule has 2 nitrogen and oxygen atoms in total. The number of para-hydroxylation sites is 1. The number of methoxy groups -OCH3 is 1. The van der Waals surface area contributed by atoms with Crippen molar-refractivity contribution in [3.05, 3.63) is 29.8 Å². The summed E-state index contributed by atoms with van der Waals surface area (Å²) < 4.78 is 5.12. The summed E-state index contributed by atoms with van der Waals surface area (Å²) in [7, 11) is 1.76. The molecular weight excluding hydrogens is 174 g/mol. The van der Waals surface area contributed by atoms with Gasteiger partial charge < -0.3 is 9.64 Å². The number of benzene rings is 1. The molecule has 0 saturated heterocycles. The van der Waals surface area contributed by atoms with Crippen LogP contribution in [-0.4, -0.2) is 26.8 Å². The molecule has 0 aliphatic carbocycles. The van der Waals surface area contributed by atoms with E-state index in [1.54, 1.807) is 7.11 Å². The predicted molar refractivity (Wildman–Crippen MR) is 58.9 cm³/mol. The number of hydrogen-bond acceptors (Lipinski definition) is 2. The van der Waals surface area contributed by atoms with E-state index in [2.05, 4.69) is 29.2 Å². The fourth-order valence-corrected chi connectivity index (χ4v) is 2.05. The molecule has 0 atom stereocenters. The fraction of sp³-hybridized carbons (Fsp3) is 0.500. The Hall–Kier alpha value is -1.02. The highest BCUT2D eigenvalue weighted by atomic mass is 16.5. The monoisotopic (exact) mass is 191 g/mol. The molecule has 1 aromatic rings. The van der Waals surface area contributed by atoms with Crippen LogP contribution in [-0.2, 0) is 11.2 Å². The van der Waals surface area contributed by atoms with E-state index >= 15 is 0 Å². The van der Waals surface area contributed by atoms with Gasteiger partial charge in [-0.05, 0) is 24.5 Å². The quantitative estimate of drug-likeness (QED) is 0.725. The van der Waals surface area contributed by atoms with Crippen LogP contribution in [0.2, 0.25) is 0 Å². The maximum absolute atomic E-state index is 5.12. The maximum Gasteiger partial charge on any atom is 0.0637 e. The lowest BCUT2D eigenvalue weighted by molar-refractivity contribution is 0.205. The molecule has 1 heterocycles. The lowest BCUT2D eigenvalue weighted by Gasteiger charge is -2.30. The molecule has 2 heteroatoms. The molecule has 76 valence electrons. The van der Waals surface area contributed by atoms with Crippen molar-refractivity contribution >= 4 is 5.69 Å². The largest absolute Gasteiger partial charge is 0.383 e. The van der Waals surface area contributed by atoms with Gasteiger partial charge in [-0.3, -0.25) is 0 Å². The van der Waals surface area contributed by atoms with Gasteiger partial charge in [-0.15, -0.1) is 0 Å². The first-order valence-electron chi connectivity index (χ1n) is 5.23. The first-order chi connectivity index (χ1) is 6.92. The number of hydrogen-bond donors (Lipinski definition) is 0. The molecule has 0 radical (unpaired) electrons. The van der Waals surface area contributed by atoms with Gasteiger partial charge in [-0.1, -0.05) is 18.2 Å². The van der Waals surface area contributed by atoms with Crippen LogP contribution in [0.15, 0.2) is 24.3 Å². The molecule has 0 saturated carbocycles. The second kappa shape index (κ2) is 4.47. The van der Waals surface area contributed by atoms with Crippen molar-refractivity contribution in [2.24, 2.45) is 0 Å². The molecular formula is C12H17NO. The highest BCUT2D eigenvalue weighted by Gasteiger charge is 2.14. The number of rotatable bonds is 3. The molecule has 0 amide bonds. The van der Waals surface area contributed by atoms with Crippen LogP contribution in [0.25, 0.3) is 0 Å². The fourth-order valence-electron chi connectivity index (χ4n) is 2.05. The summed E-state index contributed by atoms with van der Waals surface area (Å²) in [6, 6.07) is 8.68. The summed E-state index contributed by atoms with van der Waals surface area (Å²) in [6.07, 6.45) is 2.49. The van der Waals surface area contributed by atoms with E-state index in [4.69, 9.17) is 4.74 Å². The Kier molecular flexibility index (Phi) is 3.04. The summed E-state index contributed by atoms with van der Waals surface area (Å²) in [5.41, 5.74) is 2.88. The number of anilines is 1. The zero-order chi connectivity index (χ0) is 9.80. The molecule has 0 spiro atoms. The third-order valence-electron chi connectivity index (χ3n) is 2.77. The average Bonchev–Trinajstić information content (AvgIpc) is 2.26. The molecule has 2 rings (SSSR count). The Morgan fingerprint density at radius 3 is 3.07 bits per heavy atom. The van der Waals surface area contributed by atoms with Gasteiger partial charge in [-0.25, -0.2) is 0 Å². The second-order valence-corrected chi connectivity index (χ2v) is 3.71. The molecule has 1 aliphatic rings. The van der Waals surface area contributed by atoms with Gasteiger partial charge in [-0.2, -0.15) is 0 Å². The van der Waals surface area contributed by atoms with E-state index in [9.17, 15) is 0 Å². The minimum atomic E-state index is 0.814. The third-order valence-corrected chi connectivity index (χ3v) is 2.77. The molecule has 14 heavy (non-hydrogen) atoms. The molecule has 1 aliphatic heterocycles. The molecule has 0 aromatic heterocycles. The van der Waals surface area contributed by atoms with E-state index in [1.807, 2.05) is 0 Å². The number of ether oxygens (including phenoxy) is 1. The van der Waals surface area contributed by atoms with Crippen LogP contribution in [0.1, 0.15) is 12.0 Å². The Balaban J connectivity index is 2.14. The molecule has 0 N–H and O–H groups in total. The van der Waals surface area contributed by atoms with Crippen LogP contribution < -0.4 is 4.90 Å². The van der Waals surface area contributed by atoms with Gasteiger partial charge in [0.05, 0.1) is 6.61 Å². The molecule has 0 unspecified atom stereocenters. The van der Waals surface area contributed by atoms with Crippen molar-refractivity contribution in [1.82, 2.24) is 0 Å². The first-order valence-corrected chi connectivity index (χ1v) is 5.23. The van der Waals surface area contributed by atoms with Crippen molar-refractivity contribution in [2.45, 2.75) is 12.8 Å². The van der Waals surface area contributed by atoms with E-state index in [-0.39, 0.29) is 0 Å². The minimum Gasteiger partial charge on any atom is -0.383 e. The standard InChI is InChI=1S/C12H17NO/c1-14-10-9-13-8-4-6-11-5-2-3-7-12(11)13/h2-3,5,7H,4,6,8-10H2,1H3. The van der Waals surface area contributed by atoms with Crippen LogP contribution in [0.4, 0.5) is 5.69 Å². The van der Waals surface area contributed by atoms with Crippen molar-refractivity contribution in [3.63, 3.8) is 0 Å². The van der Waals surface area contributed by atoms with Crippen LogP contribution >= 0.6 is 0 Å². The number of nitrogens with zero attached hydrogens (tertiary/aromatic N) is 1.